The van der Waals surface area contributed by atoms with Crippen molar-refractivity contribution < 1.29 is 14.5 Å². The van der Waals surface area contributed by atoms with Crippen molar-refractivity contribution in [3.8, 4) is 0 Å². The van der Waals surface area contributed by atoms with Gasteiger partial charge in [0.15, 0.2) is 0 Å². The van der Waals surface area contributed by atoms with Crippen LogP contribution in [0.2, 0.25) is 0 Å². The molecule has 1 aromatic heterocycles. The largest absolute Gasteiger partial charge is 0.465 e. The SMILES string of the molecule is CCOC(=O)C(C)c1[nH]c2ccccc2c1/C=C/[N+](=O)[O-]. The van der Waals surface area contributed by atoms with Gasteiger partial charge in [-0.2, -0.15) is 0 Å². The van der Waals surface area contributed by atoms with E-state index >= 15 is 0 Å². The number of hydrogen-bond donors (Lipinski definition) is 1. The number of para-hydroxylation sites is 1. The van der Waals surface area contributed by atoms with E-state index in [1.54, 1.807) is 13.8 Å². The first kappa shape index (κ1) is 14.8. The summed E-state index contributed by atoms with van der Waals surface area (Å²) in [7, 11) is 0. The second kappa shape index (κ2) is 6.21. The van der Waals surface area contributed by atoms with Gasteiger partial charge < -0.3 is 9.72 Å². The van der Waals surface area contributed by atoms with E-state index in [0.29, 0.717) is 17.9 Å². The number of nitro groups is 1. The van der Waals surface area contributed by atoms with E-state index in [2.05, 4.69) is 4.98 Å². The number of esters is 1. The normalized spacial score (nSPS) is 12.7. The third-order valence-electron chi connectivity index (χ3n) is 3.21. The Kier molecular flexibility index (Phi) is 4.37. The van der Waals surface area contributed by atoms with E-state index in [-0.39, 0.29) is 5.97 Å². The zero-order chi connectivity index (χ0) is 15.4. The maximum Gasteiger partial charge on any atom is 0.314 e. The molecule has 1 aromatic carbocycles. The van der Waals surface area contributed by atoms with Gasteiger partial charge in [-0.15, -0.1) is 0 Å². The molecule has 0 fully saturated rings. The molecule has 1 atom stereocenters. The molecule has 0 saturated heterocycles. The number of ether oxygens (including phenoxy) is 1. The molecule has 6 nitrogen and oxygen atoms in total. The fraction of sp³-hybridized carbons (Fsp3) is 0.267. The van der Waals surface area contributed by atoms with Crippen LogP contribution in [0.15, 0.2) is 30.5 Å². The second-order valence-corrected chi connectivity index (χ2v) is 4.57. The fourth-order valence-electron chi connectivity index (χ4n) is 2.23. The summed E-state index contributed by atoms with van der Waals surface area (Å²) in [6.07, 6.45) is 2.28. The lowest BCUT2D eigenvalue weighted by atomic mass is 10.0. The van der Waals surface area contributed by atoms with Gasteiger partial charge in [-0.05, 0) is 19.9 Å². The molecule has 110 valence electrons. The van der Waals surface area contributed by atoms with Crippen LogP contribution in [-0.4, -0.2) is 22.5 Å². The predicted octanol–water partition coefficient (Wildman–Crippen LogP) is 3.08. The molecule has 2 aromatic rings. The van der Waals surface area contributed by atoms with Gasteiger partial charge in [0, 0.05) is 28.2 Å². The molecule has 0 aliphatic rings. The predicted molar refractivity (Wildman–Crippen MR) is 79.4 cm³/mol. The van der Waals surface area contributed by atoms with Gasteiger partial charge in [0.05, 0.1) is 17.4 Å². The molecule has 1 N–H and O–H groups in total. The summed E-state index contributed by atoms with van der Waals surface area (Å²) in [4.78, 5) is 25.1. The van der Waals surface area contributed by atoms with Gasteiger partial charge in [0.25, 0.3) is 0 Å². The topological polar surface area (TPSA) is 85.2 Å². The highest BCUT2D eigenvalue weighted by atomic mass is 16.6. The number of fused-ring (bicyclic) bond motifs is 1. The monoisotopic (exact) mass is 288 g/mol. The zero-order valence-electron chi connectivity index (χ0n) is 11.8. The second-order valence-electron chi connectivity index (χ2n) is 4.57. The molecule has 0 aliphatic carbocycles. The van der Waals surface area contributed by atoms with Gasteiger partial charge >= 0.3 is 5.97 Å². The Morgan fingerprint density at radius 2 is 2.19 bits per heavy atom. The smallest absolute Gasteiger partial charge is 0.314 e. The average molecular weight is 288 g/mol. The zero-order valence-corrected chi connectivity index (χ0v) is 11.8. The molecular formula is C15H16N2O4. The minimum atomic E-state index is -0.527. The number of carbonyl (C=O) groups is 1. The lowest BCUT2D eigenvalue weighted by molar-refractivity contribution is -0.400. The third-order valence-corrected chi connectivity index (χ3v) is 3.21. The van der Waals surface area contributed by atoms with Crippen molar-refractivity contribution in [2.45, 2.75) is 19.8 Å². The first-order chi connectivity index (χ1) is 10.0. The first-order valence-electron chi connectivity index (χ1n) is 6.63. The molecule has 0 bridgehead atoms. The Morgan fingerprint density at radius 3 is 2.86 bits per heavy atom. The summed E-state index contributed by atoms with van der Waals surface area (Å²) >= 11 is 0. The highest BCUT2D eigenvalue weighted by molar-refractivity contribution is 5.93. The number of rotatable bonds is 5. The van der Waals surface area contributed by atoms with Crippen molar-refractivity contribution in [3.05, 3.63) is 51.8 Å². The standard InChI is InChI=1S/C15H16N2O4/c1-3-21-15(18)10(2)14-12(8-9-17(19)20)11-6-4-5-7-13(11)16-14/h4-10,16H,3H2,1-2H3/b9-8+. The fourth-order valence-corrected chi connectivity index (χ4v) is 2.23. The van der Waals surface area contributed by atoms with Crippen LogP contribution < -0.4 is 0 Å². The summed E-state index contributed by atoms with van der Waals surface area (Å²) in [5.74, 6) is -0.886. The lowest BCUT2D eigenvalue weighted by Crippen LogP contribution is -2.14. The van der Waals surface area contributed by atoms with Crippen LogP contribution in [0, 0.1) is 10.1 Å². The number of aromatic amines is 1. The molecule has 0 saturated carbocycles. The highest BCUT2D eigenvalue weighted by Crippen LogP contribution is 2.29. The van der Waals surface area contributed by atoms with Crippen LogP contribution in [0.3, 0.4) is 0 Å². The van der Waals surface area contributed by atoms with Gasteiger partial charge in [-0.25, -0.2) is 0 Å². The molecular weight excluding hydrogens is 272 g/mol. The van der Waals surface area contributed by atoms with Crippen molar-refractivity contribution in [2.75, 3.05) is 6.61 Å². The molecule has 6 heteroatoms. The van der Waals surface area contributed by atoms with Crippen LogP contribution in [0.25, 0.3) is 17.0 Å². The first-order valence-corrected chi connectivity index (χ1v) is 6.63. The molecule has 1 unspecified atom stereocenters. The maximum atomic E-state index is 11.9. The van der Waals surface area contributed by atoms with E-state index in [0.717, 1.165) is 17.1 Å². The summed E-state index contributed by atoms with van der Waals surface area (Å²) < 4.78 is 5.02. The molecule has 0 radical (unpaired) electrons. The van der Waals surface area contributed by atoms with Gasteiger partial charge in [0.1, 0.15) is 0 Å². The van der Waals surface area contributed by atoms with Crippen molar-refractivity contribution in [1.82, 2.24) is 4.98 Å². The molecule has 0 aliphatic heterocycles. The Balaban J connectivity index is 2.53. The molecule has 2 rings (SSSR count). The number of H-pyrrole nitrogens is 1. The summed E-state index contributed by atoms with van der Waals surface area (Å²) in [6, 6.07) is 7.42. The summed E-state index contributed by atoms with van der Waals surface area (Å²) in [6.45, 7) is 3.75. The number of nitrogens with zero attached hydrogens (tertiary/aromatic N) is 1. The van der Waals surface area contributed by atoms with Crippen LogP contribution in [0.4, 0.5) is 0 Å². The molecule has 0 spiro atoms. The molecule has 0 amide bonds. The van der Waals surface area contributed by atoms with Gasteiger partial charge in [-0.3, -0.25) is 14.9 Å². The van der Waals surface area contributed by atoms with Gasteiger partial charge in [0.2, 0.25) is 6.20 Å². The third kappa shape index (κ3) is 3.10. The van der Waals surface area contributed by atoms with Crippen LogP contribution in [0.5, 0.6) is 0 Å². The Morgan fingerprint density at radius 1 is 1.48 bits per heavy atom. The van der Waals surface area contributed by atoms with Crippen molar-refractivity contribution in [2.24, 2.45) is 0 Å². The van der Waals surface area contributed by atoms with Gasteiger partial charge in [-0.1, -0.05) is 18.2 Å². The van der Waals surface area contributed by atoms with Crippen LogP contribution >= 0.6 is 0 Å². The minimum Gasteiger partial charge on any atom is -0.465 e. The lowest BCUT2D eigenvalue weighted by Gasteiger charge is -2.10. The number of carbonyl (C=O) groups excluding carboxylic acids is 1. The van der Waals surface area contributed by atoms with Crippen molar-refractivity contribution in [1.29, 1.82) is 0 Å². The quantitative estimate of drug-likeness (QED) is 0.520. The molecule has 1 heterocycles. The number of benzene rings is 1. The van der Waals surface area contributed by atoms with E-state index in [1.165, 1.54) is 6.08 Å². The Labute approximate surface area is 121 Å². The van der Waals surface area contributed by atoms with Crippen LogP contribution in [-0.2, 0) is 9.53 Å². The van der Waals surface area contributed by atoms with Crippen LogP contribution in [0.1, 0.15) is 31.0 Å². The number of aromatic nitrogens is 1. The minimum absolute atomic E-state index is 0.295. The number of hydrogen-bond acceptors (Lipinski definition) is 4. The van der Waals surface area contributed by atoms with Crippen molar-refractivity contribution >= 4 is 22.9 Å². The van der Waals surface area contributed by atoms with E-state index in [9.17, 15) is 14.9 Å². The maximum absolute atomic E-state index is 11.9. The Bertz CT molecular complexity index is 703. The number of nitrogens with one attached hydrogen (secondary N) is 1. The van der Waals surface area contributed by atoms with E-state index in [1.807, 2.05) is 24.3 Å². The molecule has 21 heavy (non-hydrogen) atoms. The van der Waals surface area contributed by atoms with Crippen molar-refractivity contribution in [3.63, 3.8) is 0 Å². The average Bonchev–Trinajstić information content (AvgIpc) is 2.83. The summed E-state index contributed by atoms with van der Waals surface area (Å²) in [5.41, 5.74) is 2.09. The Hall–Kier alpha value is -2.63. The van der Waals surface area contributed by atoms with E-state index in [4.69, 9.17) is 4.74 Å². The summed E-state index contributed by atoms with van der Waals surface area (Å²) in [5, 5.41) is 11.4. The van der Waals surface area contributed by atoms with E-state index < -0.39 is 10.8 Å². The highest BCUT2D eigenvalue weighted by Gasteiger charge is 2.22.